The van der Waals surface area contributed by atoms with Gasteiger partial charge in [-0.15, -0.1) is 0 Å². The van der Waals surface area contributed by atoms with Crippen LogP contribution in [-0.2, 0) is 24.0 Å². The summed E-state index contributed by atoms with van der Waals surface area (Å²) in [7, 11) is 1.40. The van der Waals surface area contributed by atoms with Crippen LogP contribution in [0.4, 0.5) is 4.39 Å². The van der Waals surface area contributed by atoms with Gasteiger partial charge in [-0.2, -0.15) is 0 Å². The molecular formula is C35H37FO5. The van der Waals surface area contributed by atoms with E-state index < -0.39 is 0 Å². The summed E-state index contributed by atoms with van der Waals surface area (Å²) in [6, 6.07) is 23.2. The Morgan fingerprint density at radius 1 is 0.829 bits per heavy atom. The molecule has 4 aromatic carbocycles. The first-order chi connectivity index (χ1) is 19.9. The van der Waals surface area contributed by atoms with Gasteiger partial charge in [0.1, 0.15) is 23.1 Å². The fourth-order valence-electron chi connectivity index (χ4n) is 4.94. The van der Waals surface area contributed by atoms with Crippen molar-refractivity contribution in [1.82, 2.24) is 0 Å². The standard InChI is InChI=1S/C35H37FO5/c1-4-10-29-26(21-27-11-6-7-13-30(27)35(38)39-3)12-8-14-33(29)40-19-9-20-41-34-23-32(37)31(22-24(34)5-2)25-15-17-28(36)18-16-25/h6-8,11-18,22-23,37H,4-5,9-10,19-21H2,1-3H3. The number of hydrogen-bond donors (Lipinski definition) is 1. The smallest absolute Gasteiger partial charge is 0.338 e. The van der Waals surface area contributed by atoms with E-state index in [9.17, 15) is 14.3 Å². The van der Waals surface area contributed by atoms with Crippen molar-refractivity contribution in [3.8, 4) is 28.4 Å². The molecule has 41 heavy (non-hydrogen) atoms. The number of halogens is 1. The first kappa shape index (κ1) is 29.7. The number of phenolic OH excluding ortho intramolecular Hbond substituents is 1. The fraction of sp³-hybridized carbons (Fsp3) is 0.286. The Labute approximate surface area is 241 Å². The molecule has 0 aliphatic carbocycles. The minimum atomic E-state index is -0.338. The number of hydrogen-bond acceptors (Lipinski definition) is 5. The molecule has 0 saturated carbocycles. The molecule has 4 rings (SSSR count). The highest BCUT2D eigenvalue weighted by atomic mass is 19.1. The Morgan fingerprint density at radius 2 is 1.54 bits per heavy atom. The minimum absolute atomic E-state index is 0.0925. The van der Waals surface area contributed by atoms with Crippen LogP contribution < -0.4 is 9.47 Å². The van der Waals surface area contributed by atoms with Gasteiger partial charge in [0, 0.05) is 18.1 Å². The largest absolute Gasteiger partial charge is 0.507 e. The summed E-state index contributed by atoms with van der Waals surface area (Å²) in [5.41, 5.74) is 6.12. The van der Waals surface area contributed by atoms with Gasteiger partial charge in [0.05, 0.1) is 25.9 Å². The zero-order chi connectivity index (χ0) is 29.2. The van der Waals surface area contributed by atoms with Gasteiger partial charge in [-0.25, -0.2) is 9.18 Å². The molecule has 0 fully saturated rings. The molecule has 0 amide bonds. The zero-order valence-corrected chi connectivity index (χ0v) is 23.9. The van der Waals surface area contributed by atoms with Crippen LogP contribution >= 0.6 is 0 Å². The van der Waals surface area contributed by atoms with Crippen molar-refractivity contribution in [2.24, 2.45) is 0 Å². The van der Waals surface area contributed by atoms with Gasteiger partial charge in [0.2, 0.25) is 0 Å². The predicted molar refractivity (Wildman–Crippen MR) is 160 cm³/mol. The van der Waals surface area contributed by atoms with E-state index in [0.717, 1.165) is 52.8 Å². The second-order valence-corrected chi connectivity index (χ2v) is 9.86. The first-order valence-corrected chi connectivity index (χ1v) is 14.1. The van der Waals surface area contributed by atoms with E-state index in [1.165, 1.54) is 19.2 Å². The molecule has 5 nitrogen and oxygen atoms in total. The third-order valence-corrected chi connectivity index (χ3v) is 7.05. The molecule has 0 unspecified atom stereocenters. The lowest BCUT2D eigenvalue weighted by atomic mass is 9.94. The topological polar surface area (TPSA) is 65.0 Å². The molecule has 0 radical (unpaired) electrons. The quantitative estimate of drug-likeness (QED) is 0.134. The Bertz CT molecular complexity index is 1460. The third-order valence-electron chi connectivity index (χ3n) is 7.05. The number of esters is 1. The van der Waals surface area contributed by atoms with Crippen molar-refractivity contribution in [2.45, 2.75) is 46.0 Å². The number of aromatic hydroxyl groups is 1. The average molecular weight is 557 g/mol. The fourth-order valence-corrected chi connectivity index (χ4v) is 4.94. The Kier molecular flexibility index (Phi) is 10.4. The van der Waals surface area contributed by atoms with Crippen LogP contribution in [-0.4, -0.2) is 31.4 Å². The lowest BCUT2D eigenvalue weighted by Gasteiger charge is -2.17. The second kappa shape index (κ2) is 14.4. The third kappa shape index (κ3) is 7.46. The number of ether oxygens (including phenoxy) is 3. The van der Waals surface area contributed by atoms with Crippen molar-refractivity contribution < 1.29 is 28.5 Å². The van der Waals surface area contributed by atoms with Crippen LogP contribution in [0.2, 0.25) is 0 Å². The van der Waals surface area contributed by atoms with E-state index in [-0.39, 0.29) is 17.5 Å². The Hall–Kier alpha value is -4.32. The number of rotatable bonds is 13. The lowest BCUT2D eigenvalue weighted by molar-refractivity contribution is 0.0599. The van der Waals surface area contributed by atoms with Crippen LogP contribution in [0, 0.1) is 5.82 Å². The number of carbonyl (C=O) groups is 1. The molecule has 0 aromatic heterocycles. The van der Waals surface area contributed by atoms with Crippen LogP contribution in [0.5, 0.6) is 17.2 Å². The van der Waals surface area contributed by atoms with Crippen molar-refractivity contribution in [3.05, 3.63) is 112 Å². The lowest BCUT2D eigenvalue weighted by Crippen LogP contribution is -2.09. The molecule has 0 aliphatic heterocycles. The van der Waals surface area contributed by atoms with E-state index in [0.29, 0.717) is 42.9 Å². The summed E-state index contributed by atoms with van der Waals surface area (Å²) in [6.45, 7) is 5.07. The van der Waals surface area contributed by atoms with Crippen LogP contribution in [0.25, 0.3) is 11.1 Å². The van der Waals surface area contributed by atoms with E-state index in [1.807, 2.05) is 43.3 Å². The van der Waals surface area contributed by atoms with Crippen molar-refractivity contribution in [3.63, 3.8) is 0 Å². The molecule has 0 atom stereocenters. The molecule has 0 aliphatic rings. The molecule has 0 heterocycles. The van der Waals surface area contributed by atoms with Gasteiger partial charge < -0.3 is 19.3 Å². The molecule has 0 bridgehead atoms. The minimum Gasteiger partial charge on any atom is -0.507 e. The average Bonchev–Trinajstić information content (AvgIpc) is 2.99. The Morgan fingerprint density at radius 3 is 2.24 bits per heavy atom. The van der Waals surface area contributed by atoms with Gasteiger partial charge in [-0.05, 0) is 77.4 Å². The molecule has 6 heteroatoms. The van der Waals surface area contributed by atoms with E-state index in [1.54, 1.807) is 24.3 Å². The van der Waals surface area contributed by atoms with Crippen molar-refractivity contribution in [1.29, 1.82) is 0 Å². The van der Waals surface area contributed by atoms with Gasteiger partial charge in [0.15, 0.2) is 0 Å². The SMILES string of the molecule is CCCc1c(Cc2ccccc2C(=O)OC)cccc1OCCCOc1cc(O)c(-c2ccc(F)cc2)cc1CC. The maximum Gasteiger partial charge on any atom is 0.338 e. The highest BCUT2D eigenvalue weighted by Gasteiger charge is 2.16. The number of benzene rings is 4. The highest BCUT2D eigenvalue weighted by Crippen LogP contribution is 2.36. The summed E-state index contributed by atoms with van der Waals surface area (Å²) < 4.78 is 30.6. The van der Waals surface area contributed by atoms with Gasteiger partial charge in [-0.1, -0.05) is 62.7 Å². The summed E-state index contributed by atoms with van der Waals surface area (Å²) in [6.07, 6.45) is 3.82. The van der Waals surface area contributed by atoms with E-state index in [4.69, 9.17) is 14.2 Å². The van der Waals surface area contributed by atoms with Crippen LogP contribution in [0.1, 0.15) is 59.3 Å². The van der Waals surface area contributed by atoms with Gasteiger partial charge in [0.25, 0.3) is 0 Å². The summed E-state index contributed by atoms with van der Waals surface area (Å²) in [5, 5.41) is 10.6. The van der Waals surface area contributed by atoms with Crippen molar-refractivity contribution in [2.75, 3.05) is 20.3 Å². The normalized spacial score (nSPS) is 10.8. The van der Waals surface area contributed by atoms with Crippen LogP contribution in [0.15, 0.2) is 78.9 Å². The monoisotopic (exact) mass is 556 g/mol. The van der Waals surface area contributed by atoms with E-state index >= 15 is 0 Å². The van der Waals surface area contributed by atoms with Gasteiger partial charge in [-0.3, -0.25) is 0 Å². The number of carbonyl (C=O) groups excluding carboxylic acids is 1. The predicted octanol–water partition coefficient (Wildman–Crippen LogP) is 7.94. The molecule has 0 saturated heterocycles. The molecular weight excluding hydrogens is 519 g/mol. The maximum atomic E-state index is 13.3. The van der Waals surface area contributed by atoms with Crippen LogP contribution in [0.3, 0.4) is 0 Å². The highest BCUT2D eigenvalue weighted by molar-refractivity contribution is 5.91. The van der Waals surface area contributed by atoms with Crippen molar-refractivity contribution >= 4 is 5.97 Å². The zero-order valence-electron chi connectivity index (χ0n) is 23.9. The molecule has 1 N–H and O–H groups in total. The molecule has 214 valence electrons. The summed E-state index contributed by atoms with van der Waals surface area (Å²) in [5.74, 6) is 0.914. The summed E-state index contributed by atoms with van der Waals surface area (Å²) >= 11 is 0. The number of phenols is 1. The first-order valence-electron chi connectivity index (χ1n) is 14.1. The summed E-state index contributed by atoms with van der Waals surface area (Å²) in [4.78, 5) is 12.3. The Balaban J connectivity index is 1.40. The second-order valence-electron chi connectivity index (χ2n) is 9.86. The molecule has 0 spiro atoms. The molecule has 4 aromatic rings. The number of aryl methyl sites for hydroxylation is 1. The number of methoxy groups -OCH3 is 1. The van der Waals surface area contributed by atoms with Gasteiger partial charge >= 0.3 is 5.97 Å². The maximum absolute atomic E-state index is 13.3. The van der Waals surface area contributed by atoms with E-state index in [2.05, 4.69) is 13.0 Å².